The number of hydrogen-bond acceptors (Lipinski definition) is 2. The second-order valence-corrected chi connectivity index (χ2v) is 1.76. The number of carbonyl (C=O) groups excluding carboxylic acids is 1. The maximum Gasteiger partial charge on any atom is 0.223 e. The third-order valence-corrected chi connectivity index (χ3v) is 0.953. The van der Waals surface area contributed by atoms with Crippen LogP contribution in [0.5, 0.6) is 0 Å². The standard InChI is InChI=1S/C4H9ClN2O/c5-2-1-3-7(6)4-8/h4H,1-3,6H2. The number of hydrazine groups is 1. The van der Waals surface area contributed by atoms with Crippen molar-refractivity contribution >= 4 is 18.0 Å². The quantitative estimate of drug-likeness (QED) is 0.194. The number of nitrogens with two attached hydrogens (primary N) is 1. The van der Waals surface area contributed by atoms with Crippen molar-refractivity contribution in [1.82, 2.24) is 5.01 Å². The van der Waals surface area contributed by atoms with Gasteiger partial charge in [-0.2, -0.15) is 0 Å². The number of amides is 1. The highest BCUT2D eigenvalue weighted by molar-refractivity contribution is 6.17. The average molecular weight is 137 g/mol. The SMILES string of the molecule is NN(C=O)CCCCl. The van der Waals surface area contributed by atoms with Crippen LogP contribution in [0.25, 0.3) is 0 Å². The zero-order chi connectivity index (χ0) is 6.41. The molecule has 0 aromatic carbocycles. The van der Waals surface area contributed by atoms with Crippen LogP contribution >= 0.6 is 11.6 Å². The smallest absolute Gasteiger partial charge is 0.223 e. The molecule has 0 aliphatic rings. The third-order valence-electron chi connectivity index (χ3n) is 0.685. The summed E-state index contributed by atoms with van der Waals surface area (Å²) in [6.07, 6.45) is 1.32. The van der Waals surface area contributed by atoms with E-state index >= 15 is 0 Å². The first-order valence-corrected chi connectivity index (χ1v) is 2.87. The minimum absolute atomic E-state index is 0.535. The lowest BCUT2D eigenvalue weighted by Gasteiger charge is -2.06. The fourth-order valence-electron chi connectivity index (χ4n) is 0.295. The molecule has 0 fully saturated rings. The minimum Gasteiger partial charge on any atom is -0.283 e. The lowest BCUT2D eigenvalue weighted by molar-refractivity contribution is -0.118. The largest absolute Gasteiger partial charge is 0.283 e. The molecule has 0 spiro atoms. The Labute approximate surface area is 53.4 Å². The molecule has 0 aliphatic carbocycles. The van der Waals surface area contributed by atoms with Gasteiger partial charge in [0.05, 0.1) is 0 Å². The van der Waals surface area contributed by atoms with Gasteiger partial charge in [0.2, 0.25) is 6.41 Å². The molecule has 0 bridgehead atoms. The topological polar surface area (TPSA) is 46.3 Å². The van der Waals surface area contributed by atoms with Crippen LogP contribution in [-0.2, 0) is 4.79 Å². The van der Waals surface area contributed by atoms with E-state index in [0.717, 1.165) is 11.4 Å². The Kier molecular flexibility index (Phi) is 4.70. The van der Waals surface area contributed by atoms with E-state index in [-0.39, 0.29) is 0 Å². The first-order valence-electron chi connectivity index (χ1n) is 2.34. The number of alkyl halides is 1. The molecule has 0 aromatic rings. The maximum absolute atomic E-state index is 9.77. The minimum atomic E-state index is 0.535. The lowest BCUT2D eigenvalue weighted by Crippen LogP contribution is -2.30. The summed E-state index contributed by atoms with van der Waals surface area (Å²) in [5.74, 6) is 5.61. The average Bonchev–Trinajstić information content (AvgIpc) is 1.83. The van der Waals surface area contributed by atoms with Crippen LogP contribution in [0.1, 0.15) is 6.42 Å². The molecule has 2 N–H and O–H groups in total. The highest BCUT2D eigenvalue weighted by Gasteiger charge is 1.89. The van der Waals surface area contributed by atoms with Crippen molar-refractivity contribution in [2.45, 2.75) is 6.42 Å². The fraction of sp³-hybridized carbons (Fsp3) is 0.750. The molecule has 0 atom stereocenters. The van der Waals surface area contributed by atoms with E-state index in [4.69, 9.17) is 17.4 Å². The van der Waals surface area contributed by atoms with Gasteiger partial charge in [0, 0.05) is 12.4 Å². The molecule has 4 heteroatoms. The molecular weight excluding hydrogens is 128 g/mol. The van der Waals surface area contributed by atoms with Crippen LogP contribution in [0.3, 0.4) is 0 Å². The van der Waals surface area contributed by atoms with Gasteiger partial charge in [-0.05, 0) is 6.42 Å². The predicted molar refractivity (Wildman–Crippen MR) is 32.3 cm³/mol. The zero-order valence-electron chi connectivity index (χ0n) is 4.51. The first-order chi connectivity index (χ1) is 3.81. The molecule has 0 radical (unpaired) electrons. The Hall–Kier alpha value is -0.280. The van der Waals surface area contributed by atoms with Crippen molar-refractivity contribution in [2.24, 2.45) is 5.84 Å². The number of rotatable bonds is 4. The molecule has 8 heavy (non-hydrogen) atoms. The Bertz CT molecular complexity index is 69.1. The van der Waals surface area contributed by atoms with Crippen LogP contribution in [0, 0.1) is 0 Å². The molecule has 0 aliphatic heterocycles. The molecule has 0 aromatic heterocycles. The van der Waals surface area contributed by atoms with Crippen molar-refractivity contribution < 1.29 is 4.79 Å². The van der Waals surface area contributed by atoms with Crippen molar-refractivity contribution in [2.75, 3.05) is 12.4 Å². The summed E-state index contributed by atoms with van der Waals surface area (Å²) in [5, 5.41) is 1.07. The normalized spacial score (nSPS) is 8.75. The van der Waals surface area contributed by atoms with Crippen molar-refractivity contribution in [3.05, 3.63) is 0 Å². The Morgan fingerprint density at radius 1 is 1.75 bits per heavy atom. The molecule has 0 saturated heterocycles. The highest BCUT2D eigenvalue weighted by Crippen LogP contribution is 1.83. The molecule has 0 rings (SSSR count). The highest BCUT2D eigenvalue weighted by atomic mass is 35.5. The fourth-order valence-corrected chi connectivity index (χ4v) is 0.415. The molecular formula is C4H9ClN2O. The lowest BCUT2D eigenvalue weighted by atomic mass is 10.5. The van der Waals surface area contributed by atoms with E-state index in [1.165, 1.54) is 0 Å². The van der Waals surface area contributed by atoms with Crippen LogP contribution in [0.15, 0.2) is 0 Å². The Balaban J connectivity index is 2.98. The summed E-state index contributed by atoms with van der Waals surface area (Å²) in [6.45, 7) is 0.535. The number of halogens is 1. The van der Waals surface area contributed by atoms with Gasteiger partial charge in [-0.3, -0.25) is 9.80 Å². The van der Waals surface area contributed by atoms with Gasteiger partial charge in [0.25, 0.3) is 0 Å². The van der Waals surface area contributed by atoms with E-state index < -0.39 is 0 Å². The molecule has 48 valence electrons. The zero-order valence-corrected chi connectivity index (χ0v) is 5.27. The summed E-state index contributed by atoms with van der Waals surface area (Å²) in [5.41, 5.74) is 0. The van der Waals surface area contributed by atoms with Crippen LogP contribution in [0.4, 0.5) is 0 Å². The van der Waals surface area contributed by atoms with Crippen LogP contribution in [-0.4, -0.2) is 23.8 Å². The van der Waals surface area contributed by atoms with Gasteiger partial charge in [-0.1, -0.05) is 0 Å². The van der Waals surface area contributed by atoms with Crippen molar-refractivity contribution in [3.63, 3.8) is 0 Å². The van der Waals surface area contributed by atoms with Gasteiger partial charge in [0.1, 0.15) is 0 Å². The van der Waals surface area contributed by atoms with Gasteiger partial charge >= 0.3 is 0 Å². The van der Waals surface area contributed by atoms with Crippen LogP contribution in [0.2, 0.25) is 0 Å². The molecule has 0 unspecified atom stereocenters. The van der Waals surface area contributed by atoms with Crippen molar-refractivity contribution in [3.8, 4) is 0 Å². The van der Waals surface area contributed by atoms with E-state index in [1.807, 2.05) is 0 Å². The Morgan fingerprint density at radius 3 is 2.75 bits per heavy atom. The third kappa shape index (κ3) is 3.89. The van der Waals surface area contributed by atoms with E-state index in [1.54, 1.807) is 0 Å². The molecule has 0 saturated carbocycles. The van der Waals surface area contributed by atoms with Gasteiger partial charge < -0.3 is 0 Å². The van der Waals surface area contributed by atoms with Crippen LogP contribution < -0.4 is 5.84 Å². The first kappa shape index (κ1) is 7.72. The predicted octanol–water partition coefficient (Wildman–Crippen LogP) is -0.0526. The second-order valence-electron chi connectivity index (χ2n) is 1.39. The van der Waals surface area contributed by atoms with Gasteiger partial charge in [0.15, 0.2) is 0 Å². The second kappa shape index (κ2) is 4.87. The van der Waals surface area contributed by atoms with Gasteiger partial charge in [-0.25, -0.2) is 5.84 Å². The molecule has 3 nitrogen and oxygen atoms in total. The number of carbonyl (C=O) groups is 1. The van der Waals surface area contributed by atoms with E-state index in [2.05, 4.69) is 0 Å². The van der Waals surface area contributed by atoms with Gasteiger partial charge in [-0.15, -0.1) is 11.6 Å². The number of nitrogens with zero attached hydrogens (tertiary/aromatic N) is 1. The maximum atomic E-state index is 9.77. The molecule has 1 amide bonds. The molecule has 0 heterocycles. The van der Waals surface area contributed by atoms with E-state index in [0.29, 0.717) is 18.8 Å². The summed E-state index contributed by atoms with van der Waals surface area (Å²) in [7, 11) is 0. The van der Waals surface area contributed by atoms with Crippen molar-refractivity contribution in [1.29, 1.82) is 0 Å². The Morgan fingerprint density at radius 2 is 2.38 bits per heavy atom. The summed E-state index contributed by atoms with van der Waals surface area (Å²) >= 11 is 5.30. The monoisotopic (exact) mass is 136 g/mol. The van der Waals surface area contributed by atoms with E-state index in [9.17, 15) is 4.79 Å². The number of hydrogen-bond donors (Lipinski definition) is 1. The summed E-state index contributed by atoms with van der Waals surface area (Å²) in [4.78, 5) is 9.77. The summed E-state index contributed by atoms with van der Waals surface area (Å²) in [6, 6.07) is 0. The summed E-state index contributed by atoms with van der Waals surface area (Å²) < 4.78 is 0.